The summed E-state index contributed by atoms with van der Waals surface area (Å²) in [6, 6.07) is 11.4. The van der Waals surface area contributed by atoms with Gasteiger partial charge in [-0.3, -0.25) is 4.79 Å². The van der Waals surface area contributed by atoms with Crippen LogP contribution in [0.3, 0.4) is 0 Å². The number of Topliss-reactive ketones (excluding diaryl/α,β-unsaturated/α-hetero) is 1. The van der Waals surface area contributed by atoms with E-state index in [2.05, 4.69) is 15.3 Å². The van der Waals surface area contributed by atoms with E-state index in [1.165, 1.54) is 11.3 Å². The van der Waals surface area contributed by atoms with Gasteiger partial charge in [0.15, 0.2) is 10.9 Å². The molecule has 2 heterocycles. The van der Waals surface area contributed by atoms with Crippen LogP contribution in [0.1, 0.15) is 17.3 Å². The molecule has 0 atom stereocenters. The second-order valence-electron chi connectivity index (χ2n) is 4.43. The first-order valence-electron chi connectivity index (χ1n) is 6.24. The minimum Gasteiger partial charge on any atom is -0.365 e. The van der Waals surface area contributed by atoms with Crippen molar-refractivity contribution < 1.29 is 4.79 Å². The topological polar surface area (TPSA) is 54.9 Å². The van der Waals surface area contributed by atoms with Crippen LogP contribution in [0.15, 0.2) is 36.4 Å². The van der Waals surface area contributed by atoms with Gasteiger partial charge in [-0.15, -0.1) is 0 Å². The molecule has 0 radical (unpaired) electrons. The number of hydrogen-bond acceptors (Lipinski definition) is 5. The maximum absolute atomic E-state index is 11.4. The van der Waals surface area contributed by atoms with Crippen LogP contribution in [0.2, 0.25) is 0 Å². The molecule has 5 heteroatoms. The summed E-state index contributed by atoms with van der Waals surface area (Å²) >= 11 is 1.52. The summed E-state index contributed by atoms with van der Waals surface area (Å²) in [5.41, 5.74) is 3.38. The van der Waals surface area contributed by atoms with Gasteiger partial charge in [0.25, 0.3) is 0 Å². The Labute approximate surface area is 120 Å². The molecular formula is C15H13N3OS. The highest BCUT2D eigenvalue weighted by molar-refractivity contribution is 7.21. The molecule has 0 bridgehead atoms. The molecular weight excluding hydrogens is 270 g/mol. The zero-order chi connectivity index (χ0) is 14.1. The number of pyridine rings is 1. The van der Waals surface area contributed by atoms with Crippen molar-refractivity contribution in [1.82, 2.24) is 9.97 Å². The first-order chi connectivity index (χ1) is 9.67. The fraction of sp³-hybridized carbons (Fsp3) is 0.133. The van der Waals surface area contributed by atoms with E-state index in [0.29, 0.717) is 5.56 Å². The minimum absolute atomic E-state index is 0.0585. The quantitative estimate of drug-likeness (QED) is 0.746. The Morgan fingerprint density at radius 1 is 1.20 bits per heavy atom. The molecule has 0 unspecified atom stereocenters. The summed E-state index contributed by atoms with van der Waals surface area (Å²) in [6.07, 6.45) is 0. The Morgan fingerprint density at radius 2 is 2.05 bits per heavy atom. The number of carbonyl (C=O) groups excluding carboxylic acids is 1. The van der Waals surface area contributed by atoms with Crippen LogP contribution in [0.25, 0.3) is 21.6 Å². The lowest BCUT2D eigenvalue weighted by Gasteiger charge is -2.02. The molecule has 1 N–H and O–H groups in total. The SMILES string of the molecule is CNc1nc2ccc(-c3cccc(C(C)=O)c3)nc2s1. The second kappa shape index (κ2) is 5.02. The first-order valence-corrected chi connectivity index (χ1v) is 7.06. The monoisotopic (exact) mass is 283 g/mol. The highest BCUT2D eigenvalue weighted by atomic mass is 32.1. The number of thiazole rings is 1. The van der Waals surface area contributed by atoms with Crippen molar-refractivity contribution in [1.29, 1.82) is 0 Å². The highest BCUT2D eigenvalue weighted by Crippen LogP contribution is 2.27. The van der Waals surface area contributed by atoms with Gasteiger partial charge in [0.05, 0.1) is 5.69 Å². The van der Waals surface area contributed by atoms with Crippen LogP contribution in [-0.4, -0.2) is 22.8 Å². The van der Waals surface area contributed by atoms with Crippen LogP contribution in [0.4, 0.5) is 5.13 Å². The molecule has 1 aromatic carbocycles. The van der Waals surface area contributed by atoms with Crippen molar-refractivity contribution in [3.05, 3.63) is 42.0 Å². The van der Waals surface area contributed by atoms with Crippen molar-refractivity contribution in [2.75, 3.05) is 12.4 Å². The van der Waals surface area contributed by atoms with Crippen molar-refractivity contribution in [3.8, 4) is 11.3 Å². The van der Waals surface area contributed by atoms with Gasteiger partial charge in [-0.25, -0.2) is 9.97 Å². The van der Waals surface area contributed by atoms with E-state index >= 15 is 0 Å². The summed E-state index contributed by atoms with van der Waals surface area (Å²) in [5, 5.41) is 3.87. The number of anilines is 1. The average Bonchev–Trinajstić information content (AvgIpc) is 2.89. The summed E-state index contributed by atoms with van der Waals surface area (Å²) in [6.45, 7) is 1.57. The Kier molecular flexibility index (Phi) is 3.20. The fourth-order valence-electron chi connectivity index (χ4n) is 1.98. The van der Waals surface area contributed by atoms with Gasteiger partial charge in [-0.05, 0) is 25.1 Å². The molecule has 20 heavy (non-hydrogen) atoms. The standard InChI is InChI=1S/C15H13N3OS/c1-9(19)10-4-3-5-11(8-10)12-6-7-13-14(17-12)20-15(16-2)18-13/h3-8H,1-2H3,(H,16,18). The zero-order valence-corrected chi connectivity index (χ0v) is 12.0. The predicted molar refractivity (Wildman–Crippen MR) is 82.4 cm³/mol. The maximum Gasteiger partial charge on any atom is 0.185 e. The van der Waals surface area contributed by atoms with E-state index in [4.69, 9.17) is 0 Å². The number of rotatable bonds is 3. The maximum atomic E-state index is 11.4. The number of ketones is 1. The Hall–Kier alpha value is -2.27. The van der Waals surface area contributed by atoms with Crippen molar-refractivity contribution in [3.63, 3.8) is 0 Å². The molecule has 100 valence electrons. The van der Waals surface area contributed by atoms with Crippen LogP contribution in [-0.2, 0) is 0 Å². The molecule has 0 aliphatic carbocycles. The molecule has 0 spiro atoms. The molecule has 3 aromatic rings. The van der Waals surface area contributed by atoms with Gasteiger partial charge in [-0.1, -0.05) is 29.5 Å². The van der Waals surface area contributed by atoms with Gasteiger partial charge in [0.2, 0.25) is 0 Å². The molecule has 4 nitrogen and oxygen atoms in total. The third-order valence-electron chi connectivity index (χ3n) is 3.03. The van der Waals surface area contributed by atoms with E-state index in [-0.39, 0.29) is 5.78 Å². The minimum atomic E-state index is 0.0585. The van der Waals surface area contributed by atoms with Crippen LogP contribution in [0, 0.1) is 0 Å². The van der Waals surface area contributed by atoms with Gasteiger partial charge < -0.3 is 5.32 Å². The molecule has 3 rings (SSSR count). The van der Waals surface area contributed by atoms with Crippen LogP contribution < -0.4 is 5.32 Å². The summed E-state index contributed by atoms with van der Waals surface area (Å²) in [5.74, 6) is 0.0585. The molecule has 0 aliphatic heterocycles. The number of carbonyl (C=O) groups is 1. The Balaban J connectivity index is 2.09. The average molecular weight is 283 g/mol. The summed E-state index contributed by atoms with van der Waals surface area (Å²) in [4.78, 5) is 21.4. The van der Waals surface area contributed by atoms with E-state index in [9.17, 15) is 4.79 Å². The number of fused-ring (bicyclic) bond motifs is 1. The lowest BCUT2D eigenvalue weighted by atomic mass is 10.1. The number of aromatic nitrogens is 2. The smallest absolute Gasteiger partial charge is 0.185 e. The molecule has 0 saturated carbocycles. The lowest BCUT2D eigenvalue weighted by molar-refractivity contribution is 0.101. The van der Waals surface area contributed by atoms with E-state index < -0.39 is 0 Å². The van der Waals surface area contributed by atoms with Crippen LogP contribution >= 0.6 is 11.3 Å². The zero-order valence-electron chi connectivity index (χ0n) is 11.2. The normalized spacial score (nSPS) is 10.7. The molecule has 0 amide bonds. The van der Waals surface area contributed by atoms with E-state index in [1.54, 1.807) is 6.92 Å². The lowest BCUT2D eigenvalue weighted by Crippen LogP contribution is -1.92. The number of benzene rings is 1. The van der Waals surface area contributed by atoms with Crippen molar-refractivity contribution in [2.24, 2.45) is 0 Å². The fourth-order valence-corrected chi connectivity index (χ4v) is 2.77. The summed E-state index contributed by atoms with van der Waals surface area (Å²) in [7, 11) is 1.84. The Morgan fingerprint density at radius 3 is 2.80 bits per heavy atom. The van der Waals surface area contributed by atoms with E-state index in [1.807, 2.05) is 43.4 Å². The molecule has 0 aliphatic rings. The number of nitrogens with zero attached hydrogens (tertiary/aromatic N) is 2. The van der Waals surface area contributed by atoms with Gasteiger partial charge in [-0.2, -0.15) is 0 Å². The molecule has 0 fully saturated rings. The molecule has 0 saturated heterocycles. The van der Waals surface area contributed by atoms with Gasteiger partial charge >= 0.3 is 0 Å². The van der Waals surface area contributed by atoms with Crippen molar-refractivity contribution >= 4 is 32.6 Å². The number of nitrogens with one attached hydrogen (secondary N) is 1. The summed E-state index contributed by atoms with van der Waals surface area (Å²) < 4.78 is 0. The van der Waals surface area contributed by atoms with Crippen molar-refractivity contribution in [2.45, 2.75) is 6.92 Å². The van der Waals surface area contributed by atoms with E-state index in [0.717, 1.165) is 26.7 Å². The van der Waals surface area contributed by atoms with Gasteiger partial charge in [0.1, 0.15) is 10.3 Å². The van der Waals surface area contributed by atoms with Crippen LogP contribution in [0.5, 0.6) is 0 Å². The molecule has 2 aromatic heterocycles. The van der Waals surface area contributed by atoms with Gasteiger partial charge in [0, 0.05) is 18.2 Å². The first kappa shape index (κ1) is 12.7. The third kappa shape index (κ3) is 2.28. The largest absolute Gasteiger partial charge is 0.365 e. The highest BCUT2D eigenvalue weighted by Gasteiger charge is 2.08. The Bertz CT molecular complexity index is 795. The third-order valence-corrected chi connectivity index (χ3v) is 4.02. The number of hydrogen-bond donors (Lipinski definition) is 1. The predicted octanol–water partition coefficient (Wildman–Crippen LogP) is 3.60. The second-order valence-corrected chi connectivity index (χ2v) is 5.40.